The number of hydrogen-bond donors (Lipinski definition) is 2. The van der Waals surface area contributed by atoms with E-state index in [0.29, 0.717) is 36.8 Å². The molecule has 0 unspecified atom stereocenters. The fourth-order valence-corrected chi connectivity index (χ4v) is 2.64. The molecule has 0 radical (unpaired) electrons. The summed E-state index contributed by atoms with van der Waals surface area (Å²) < 4.78 is 16.6. The Morgan fingerprint density at radius 3 is 2.31 bits per heavy atom. The second kappa shape index (κ2) is 11.9. The van der Waals surface area contributed by atoms with Gasteiger partial charge in [0.25, 0.3) is 5.91 Å². The molecular weight excluding hydrogens is 388 g/mol. The predicted octanol–water partition coefficient (Wildman–Crippen LogP) is 4.08. The van der Waals surface area contributed by atoms with E-state index in [0.717, 1.165) is 24.2 Å². The Kier molecular flexibility index (Phi) is 9.24. The summed E-state index contributed by atoms with van der Waals surface area (Å²) in [6.07, 6.45) is 1.86. The maximum Gasteiger partial charge on any atom is 0.257 e. The molecule has 0 spiro atoms. The fraction of sp³-hybridized carbons (Fsp3) is 0.364. The van der Waals surface area contributed by atoms with Gasteiger partial charge in [-0.25, -0.2) is 0 Å². The highest BCUT2D eigenvalue weighted by Gasteiger charge is 2.09. The lowest BCUT2D eigenvalue weighted by Gasteiger charge is -2.13. The summed E-state index contributed by atoms with van der Waals surface area (Å²) in [5, 5.41) is 5.97. The predicted molar refractivity (Wildman–Crippen MR) is 118 cm³/mol. The molecule has 0 aliphatic heterocycles. The number of carbonyl (C=O) groups is 1. The molecule has 0 saturated carbocycles. The van der Waals surface area contributed by atoms with Crippen molar-refractivity contribution in [2.45, 2.75) is 33.2 Å². The van der Waals surface area contributed by atoms with Crippen molar-refractivity contribution in [2.75, 3.05) is 20.3 Å². The Morgan fingerprint density at radius 1 is 0.966 bits per heavy atom. The van der Waals surface area contributed by atoms with Crippen LogP contribution in [-0.4, -0.2) is 31.3 Å². The van der Waals surface area contributed by atoms with Gasteiger partial charge in [-0.2, -0.15) is 0 Å². The first-order valence-corrected chi connectivity index (χ1v) is 10.1. The number of rotatable bonds is 10. The van der Waals surface area contributed by atoms with Crippen LogP contribution < -0.4 is 24.8 Å². The molecule has 0 atom stereocenters. The van der Waals surface area contributed by atoms with Gasteiger partial charge in [0, 0.05) is 12.1 Å². The lowest BCUT2D eigenvalue weighted by atomic mass is 10.2. The quantitative estimate of drug-likeness (QED) is 0.569. The Hall–Kier alpha value is -2.80. The van der Waals surface area contributed by atoms with E-state index in [1.54, 1.807) is 31.4 Å². The van der Waals surface area contributed by atoms with Crippen LogP contribution in [0, 0.1) is 0 Å². The second-order valence-electron chi connectivity index (χ2n) is 6.34. The minimum atomic E-state index is -0.273. The molecular formula is C22H28N2O4S. The van der Waals surface area contributed by atoms with Crippen molar-refractivity contribution in [1.82, 2.24) is 10.6 Å². The van der Waals surface area contributed by atoms with Gasteiger partial charge in [0.15, 0.2) is 16.6 Å². The molecule has 0 saturated heterocycles. The van der Waals surface area contributed by atoms with Crippen LogP contribution in [0.15, 0.2) is 42.5 Å². The average Bonchev–Trinajstić information content (AvgIpc) is 2.75. The standard InChI is InChI=1S/C22H28N2O4S/c1-4-12-27-18-9-7-17(8-10-18)21(25)24-22(29)23-15-16-6-11-19(28-13-5-2)20(14-16)26-3/h6-11,14H,4-5,12-13,15H2,1-3H3,(H2,23,24,25,29). The lowest BCUT2D eigenvalue weighted by molar-refractivity contribution is 0.0976. The molecule has 0 fully saturated rings. The van der Waals surface area contributed by atoms with Crippen molar-refractivity contribution in [3.8, 4) is 17.2 Å². The number of methoxy groups -OCH3 is 1. The number of nitrogens with one attached hydrogen (secondary N) is 2. The van der Waals surface area contributed by atoms with Crippen molar-refractivity contribution in [1.29, 1.82) is 0 Å². The van der Waals surface area contributed by atoms with Gasteiger partial charge in [0.2, 0.25) is 0 Å². The zero-order valence-corrected chi connectivity index (χ0v) is 17.9. The van der Waals surface area contributed by atoms with Gasteiger partial charge in [-0.05, 0) is 67.0 Å². The number of benzene rings is 2. The molecule has 0 aromatic heterocycles. The van der Waals surface area contributed by atoms with Crippen LogP contribution in [0.1, 0.15) is 42.6 Å². The maximum atomic E-state index is 12.3. The molecule has 2 N–H and O–H groups in total. The van der Waals surface area contributed by atoms with Crippen LogP contribution in [0.3, 0.4) is 0 Å². The third kappa shape index (κ3) is 7.27. The fourth-order valence-electron chi connectivity index (χ4n) is 2.48. The summed E-state index contributed by atoms with van der Waals surface area (Å²) in [4.78, 5) is 12.3. The highest BCUT2D eigenvalue weighted by molar-refractivity contribution is 7.80. The largest absolute Gasteiger partial charge is 0.494 e. The first kappa shape index (κ1) is 22.5. The van der Waals surface area contributed by atoms with Crippen LogP contribution in [0.25, 0.3) is 0 Å². The van der Waals surface area contributed by atoms with E-state index >= 15 is 0 Å². The van der Waals surface area contributed by atoms with Crippen LogP contribution in [-0.2, 0) is 6.54 Å². The smallest absolute Gasteiger partial charge is 0.257 e. The number of thiocarbonyl (C=S) groups is 1. The molecule has 0 heterocycles. The number of carbonyl (C=O) groups excluding carboxylic acids is 1. The molecule has 1 amide bonds. The summed E-state index contributed by atoms with van der Waals surface area (Å²) in [5.41, 5.74) is 1.47. The third-order valence-electron chi connectivity index (χ3n) is 3.96. The maximum absolute atomic E-state index is 12.3. The minimum Gasteiger partial charge on any atom is -0.494 e. The van der Waals surface area contributed by atoms with Gasteiger partial charge in [-0.3, -0.25) is 10.1 Å². The Morgan fingerprint density at radius 2 is 1.66 bits per heavy atom. The van der Waals surface area contributed by atoms with E-state index in [1.165, 1.54) is 0 Å². The summed E-state index contributed by atoms with van der Waals surface area (Å²) in [7, 11) is 1.61. The minimum absolute atomic E-state index is 0.256. The zero-order chi connectivity index (χ0) is 21.1. The molecule has 156 valence electrons. The molecule has 0 aliphatic rings. The first-order chi connectivity index (χ1) is 14.1. The summed E-state index contributed by atoms with van der Waals surface area (Å²) in [6.45, 7) is 5.83. The van der Waals surface area contributed by atoms with Crippen molar-refractivity contribution < 1.29 is 19.0 Å². The number of ether oxygens (including phenoxy) is 3. The molecule has 2 aromatic rings. The summed E-state index contributed by atoms with van der Waals surface area (Å²) in [6, 6.07) is 12.7. The molecule has 7 heteroatoms. The van der Waals surface area contributed by atoms with E-state index in [2.05, 4.69) is 17.6 Å². The van der Waals surface area contributed by atoms with E-state index in [9.17, 15) is 4.79 Å². The van der Waals surface area contributed by atoms with Crippen LogP contribution in [0.5, 0.6) is 17.2 Å². The summed E-state index contributed by atoms with van der Waals surface area (Å²) in [5.74, 6) is 1.84. The van der Waals surface area contributed by atoms with Crippen LogP contribution in [0.4, 0.5) is 0 Å². The second-order valence-corrected chi connectivity index (χ2v) is 6.75. The highest BCUT2D eigenvalue weighted by Crippen LogP contribution is 2.28. The molecule has 0 bridgehead atoms. The van der Waals surface area contributed by atoms with Gasteiger partial charge in [0.05, 0.1) is 20.3 Å². The van der Waals surface area contributed by atoms with E-state index in [4.69, 9.17) is 26.4 Å². The zero-order valence-electron chi connectivity index (χ0n) is 17.1. The lowest BCUT2D eigenvalue weighted by Crippen LogP contribution is -2.38. The summed E-state index contributed by atoms with van der Waals surface area (Å²) >= 11 is 5.23. The number of hydrogen-bond acceptors (Lipinski definition) is 5. The van der Waals surface area contributed by atoms with Crippen molar-refractivity contribution in [3.05, 3.63) is 53.6 Å². The van der Waals surface area contributed by atoms with Crippen molar-refractivity contribution in [3.63, 3.8) is 0 Å². The Balaban J connectivity index is 1.86. The third-order valence-corrected chi connectivity index (χ3v) is 4.21. The monoisotopic (exact) mass is 416 g/mol. The number of amides is 1. The molecule has 2 aromatic carbocycles. The van der Waals surface area contributed by atoms with Gasteiger partial charge in [-0.1, -0.05) is 19.9 Å². The van der Waals surface area contributed by atoms with Crippen molar-refractivity contribution in [2.24, 2.45) is 0 Å². The molecule has 6 nitrogen and oxygen atoms in total. The van der Waals surface area contributed by atoms with Gasteiger partial charge in [0.1, 0.15) is 5.75 Å². The highest BCUT2D eigenvalue weighted by atomic mass is 32.1. The van der Waals surface area contributed by atoms with Gasteiger partial charge < -0.3 is 19.5 Å². The molecule has 0 aliphatic carbocycles. The SMILES string of the molecule is CCCOc1ccc(C(=O)NC(=S)NCc2ccc(OCCC)c(OC)c2)cc1. The van der Waals surface area contributed by atoms with Gasteiger partial charge in [-0.15, -0.1) is 0 Å². The van der Waals surface area contributed by atoms with Crippen molar-refractivity contribution >= 4 is 23.2 Å². The Bertz CT molecular complexity index is 809. The van der Waals surface area contributed by atoms with E-state index in [1.807, 2.05) is 25.1 Å². The van der Waals surface area contributed by atoms with Crippen LogP contribution >= 0.6 is 12.2 Å². The molecule has 2 rings (SSSR count). The average molecular weight is 417 g/mol. The van der Waals surface area contributed by atoms with Crippen LogP contribution in [0.2, 0.25) is 0 Å². The van der Waals surface area contributed by atoms with E-state index < -0.39 is 0 Å². The topological polar surface area (TPSA) is 68.8 Å². The Labute approximate surface area is 177 Å². The normalized spacial score (nSPS) is 10.2. The molecule has 29 heavy (non-hydrogen) atoms. The van der Waals surface area contributed by atoms with Gasteiger partial charge >= 0.3 is 0 Å². The van der Waals surface area contributed by atoms with E-state index in [-0.39, 0.29) is 11.0 Å². The first-order valence-electron chi connectivity index (χ1n) is 9.69.